The lowest BCUT2D eigenvalue weighted by atomic mass is 10.0. The Balaban J connectivity index is 1.45. The van der Waals surface area contributed by atoms with Crippen LogP contribution in [0.5, 0.6) is 11.5 Å². The highest BCUT2D eigenvalue weighted by Gasteiger charge is 2.48. The Morgan fingerprint density at radius 1 is 1.23 bits per heavy atom. The number of hydrogen-bond donors (Lipinski definition) is 1. The van der Waals surface area contributed by atoms with Gasteiger partial charge >= 0.3 is 0 Å². The smallest absolute Gasteiger partial charge is 0.296 e. The van der Waals surface area contributed by atoms with Crippen molar-refractivity contribution in [2.24, 2.45) is 0 Å². The minimum absolute atomic E-state index is 0.0242. The van der Waals surface area contributed by atoms with Gasteiger partial charge in [0.25, 0.3) is 5.92 Å². The van der Waals surface area contributed by atoms with Crippen molar-refractivity contribution in [1.29, 1.82) is 0 Å². The lowest BCUT2D eigenvalue weighted by Gasteiger charge is -2.44. The zero-order chi connectivity index (χ0) is 24.6. The number of likely N-dealkylation sites (tertiary alicyclic amines) is 1. The van der Waals surface area contributed by atoms with Gasteiger partial charge in [0.2, 0.25) is 0 Å². The molecule has 1 atom stereocenters. The van der Waals surface area contributed by atoms with E-state index in [4.69, 9.17) is 20.6 Å². The van der Waals surface area contributed by atoms with Gasteiger partial charge in [0.15, 0.2) is 23.4 Å². The van der Waals surface area contributed by atoms with E-state index >= 15 is 8.78 Å². The van der Waals surface area contributed by atoms with Crippen molar-refractivity contribution >= 4 is 22.4 Å². The van der Waals surface area contributed by atoms with Gasteiger partial charge in [0.1, 0.15) is 12.1 Å². The third kappa shape index (κ3) is 4.45. The molecule has 1 N–H and O–H groups in total. The van der Waals surface area contributed by atoms with Crippen molar-refractivity contribution in [1.82, 2.24) is 14.9 Å². The van der Waals surface area contributed by atoms with Gasteiger partial charge < -0.3 is 19.5 Å². The molecule has 35 heavy (non-hydrogen) atoms. The maximum atomic E-state index is 15.0. The van der Waals surface area contributed by atoms with Crippen LogP contribution in [0, 0.1) is 18.2 Å². The highest BCUT2D eigenvalue weighted by Crippen LogP contribution is 2.39. The first-order valence-corrected chi connectivity index (χ1v) is 11.1. The van der Waals surface area contributed by atoms with Gasteiger partial charge in [-0.2, -0.15) is 0 Å². The van der Waals surface area contributed by atoms with Crippen molar-refractivity contribution < 1.29 is 27.4 Å². The fraction of sp³-hybridized carbons (Fsp3) is 0.360. The number of methoxy groups -OCH3 is 1. The number of aromatic nitrogens is 2. The molecular formula is C25H23F3N4O3. The summed E-state index contributed by atoms with van der Waals surface area (Å²) in [5.41, 5.74) is 0.686. The maximum absolute atomic E-state index is 15.0. The molecule has 0 radical (unpaired) electrons. The van der Waals surface area contributed by atoms with Gasteiger partial charge in [-0.15, -0.1) is 6.42 Å². The molecule has 1 aromatic heterocycles. The third-order valence-electron chi connectivity index (χ3n) is 6.30. The minimum Gasteiger partial charge on any atom is -0.493 e. The number of alkyl halides is 2. The molecule has 0 amide bonds. The molecule has 2 aliphatic rings. The molecule has 7 nitrogen and oxygen atoms in total. The SMILES string of the molecule is C#Cc1cccc(Nc2ncnc3cc(OC)c(O[C@@H]4CCN(C5COC5)CC4(F)F)cc23)c1F. The fourth-order valence-electron chi connectivity index (χ4n) is 4.27. The number of nitrogens with one attached hydrogen (secondary N) is 1. The Morgan fingerprint density at radius 2 is 2.06 bits per heavy atom. The first kappa shape index (κ1) is 23.2. The molecule has 0 bridgehead atoms. The second kappa shape index (κ2) is 9.24. The molecule has 0 aliphatic carbocycles. The van der Waals surface area contributed by atoms with E-state index in [1.54, 1.807) is 17.0 Å². The summed E-state index contributed by atoms with van der Waals surface area (Å²) in [5, 5.41) is 3.37. The van der Waals surface area contributed by atoms with Gasteiger partial charge in [0.05, 0.1) is 49.7 Å². The summed E-state index contributed by atoms with van der Waals surface area (Å²) < 4.78 is 61.1. The van der Waals surface area contributed by atoms with Crippen molar-refractivity contribution in [2.45, 2.75) is 24.5 Å². The van der Waals surface area contributed by atoms with Gasteiger partial charge in [-0.1, -0.05) is 12.0 Å². The molecule has 5 rings (SSSR count). The molecule has 2 aliphatic heterocycles. The van der Waals surface area contributed by atoms with E-state index in [0.29, 0.717) is 30.7 Å². The summed E-state index contributed by atoms with van der Waals surface area (Å²) in [6.07, 6.45) is 5.47. The van der Waals surface area contributed by atoms with E-state index in [2.05, 4.69) is 21.2 Å². The quantitative estimate of drug-likeness (QED) is 0.531. The van der Waals surface area contributed by atoms with Crippen LogP contribution < -0.4 is 14.8 Å². The first-order chi connectivity index (χ1) is 16.9. The van der Waals surface area contributed by atoms with Crippen LogP contribution >= 0.6 is 0 Å². The molecule has 182 valence electrons. The van der Waals surface area contributed by atoms with Crippen molar-refractivity contribution in [3.8, 4) is 23.8 Å². The van der Waals surface area contributed by atoms with Crippen LogP contribution in [-0.2, 0) is 4.74 Å². The molecule has 2 saturated heterocycles. The number of fused-ring (bicyclic) bond motifs is 1. The first-order valence-electron chi connectivity index (χ1n) is 11.1. The Labute approximate surface area is 200 Å². The number of hydrogen-bond acceptors (Lipinski definition) is 7. The van der Waals surface area contributed by atoms with Crippen LogP contribution in [-0.4, -0.2) is 66.3 Å². The van der Waals surface area contributed by atoms with Gasteiger partial charge in [-0.3, -0.25) is 4.90 Å². The number of nitrogens with zero attached hydrogens (tertiary/aromatic N) is 3. The summed E-state index contributed by atoms with van der Waals surface area (Å²) in [4.78, 5) is 10.2. The minimum atomic E-state index is -3.07. The van der Waals surface area contributed by atoms with E-state index < -0.39 is 24.4 Å². The highest BCUT2D eigenvalue weighted by atomic mass is 19.3. The van der Waals surface area contributed by atoms with Crippen LogP contribution in [0.2, 0.25) is 0 Å². The molecular weight excluding hydrogens is 461 g/mol. The Kier molecular flexibility index (Phi) is 6.13. The number of benzene rings is 2. The van der Waals surface area contributed by atoms with Crippen LogP contribution in [0.3, 0.4) is 0 Å². The van der Waals surface area contributed by atoms with Crippen LogP contribution in [0.25, 0.3) is 10.9 Å². The molecule has 10 heteroatoms. The summed E-state index contributed by atoms with van der Waals surface area (Å²) in [7, 11) is 1.42. The molecule has 3 aromatic rings. The average molecular weight is 484 g/mol. The molecule has 2 fully saturated rings. The molecule has 0 spiro atoms. The Bertz CT molecular complexity index is 1290. The monoisotopic (exact) mass is 484 g/mol. The number of anilines is 2. The maximum Gasteiger partial charge on any atom is 0.296 e. The van der Waals surface area contributed by atoms with Crippen molar-refractivity contribution in [3.05, 3.63) is 48.0 Å². The zero-order valence-corrected chi connectivity index (χ0v) is 18.9. The van der Waals surface area contributed by atoms with Crippen molar-refractivity contribution in [3.63, 3.8) is 0 Å². The summed E-state index contributed by atoms with van der Waals surface area (Å²) >= 11 is 0. The summed E-state index contributed by atoms with van der Waals surface area (Å²) in [6, 6.07) is 7.75. The highest BCUT2D eigenvalue weighted by molar-refractivity contribution is 5.93. The topological polar surface area (TPSA) is 68.7 Å². The van der Waals surface area contributed by atoms with E-state index in [1.807, 2.05) is 0 Å². The predicted octanol–water partition coefficient (Wildman–Crippen LogP) is 3.99. The third-order valence-corrected chi connectivity index (χ3v) is 6.30. The molecule has 0 unspecified atom stereocenters. The average Bonchev–Trinajstić information content (AvgIpc) is 2.80. The summed E-state index contributed by atoms with van der Waals surface area (Å²) in [6.45, 7) is 1.02. The number of piperidine rings is 1. The van der Waals surface area contributed by atoms with Gasteiger partial charge in [-0.05, 0) is 18.2 Å². The second-order valence-corrected chi connectivity index (χ2v) is 8.50. The van der Waals surface area contributed by atoms with Crippen molar-refractivity contribution in [2.75, 3.05) is 38.7 Å². The Hall–Kier alpha value is -3.55. The number of ether oxygens (including phenoxy) is 3. The molecule has 3 heterocycles. The molecule has 2 aromatic carbocycles. The lowest BCUT2D eigenvalue weighted by Crippen LogP contribution is -2.60. The van der Waals surface area contributed by atoms with Gasteiger partial charge in [0, 0.05) is 24.4 Å². The predicted molar refractivity (Wildman–Crippen MR) is 124 cm³/mol. The second-order valence-electron chi connectivity index (χ2n) is 8.50. The number of terminal acetylenes is 1. The standard InChI is InChI=1S/C25H23F3N4O3/c1-3-15-5-4-6-18(23(15)26)31-24-17-9-21(20(33-2)10-19(17)29-14-30-24)35-22-7-8-32(13-25(22,27)28)16-11-34-12-16/h1,4-6,9-10,14,16,22H,7-8,11-13H2,2H3,(H,29,30,31)/t22-/m1/s1. The zero-order valence-electron chi connectivity index (χ0n) is 18.9. The van der Waals surface area contributed by atoms with E-state index in [1.165, 1.54) is 31.6 Å². The van der Waals surface area contributed by atoms with Crippen LogP contribution in [0.4, 0.5) is 24.7 Å². The van der Waals surface area contributed by atoms with Gasteiger partial charge in [-0.25, -0.2) is 23.1 Å². The summed E-state index contributed by atoms with van der Waals surface area (Å²) in [5.74, 6) is -0.734. The number of halogens is 3. The van der Waals surface area contributed by atoms with E-state index in [0.717, 1.165) is 0 Å². The van der Waals surface area contributed by atoms with E-state index in [9.17, 15) is 4.39 Å². The molecule has 0 saturated carbocycles. The normalized spacial score (nSPS) is 20.1. The van der Waals surface area contributed by atoms with Crippen LogP contribution in [0.1, 0.15) is 12.0 Å². The number of rotatable bonds is 6. The Morgan fingerprint density at radius 3 is 2.74 bits per heavy atom. The van der Waals surface area contributed by atoms with Crippen LogP contribution in [0.15, 0.2) is 36.7 Å². The van der Waals surface area contributed by atoms with E-state index in [-0.39, 0.29) is 41.0 Å². The fourth-order valence-corrected chi connectivity index (χ4v) is 4.27. The largest absolute Gasteiger partial charge is 0.493 e. The lowest BCUT2D eigenvalue weighted by molar-refractivity contribution is -0.170.